The highest BCUT2D eigenvalue weighted by atomic mass is 16.5. The fourth-order valence-corrected chi connectivity index (χ4v) is 2.68. The van der Waals surface area contributed by atoms with Crippen molar-refractivity contribution in [3.8, 4) is 6.07 Å². The summed E-state index contributed by atoms with van der Waals surface area (Å²) < 4.78 is 5.20. The maximum Gasteiger partial charge on any atom is 0.0991 e. The van der Waals surface area contributed by atoms with Gasteiger partial charge < -0.3 is 10.1 Å². The number of ether oxygens (including phenoxy) is 1. The molecule has 20 heavy (non-hydrogen) atoms. The zero-order valence-electron chi connectivity index (χ0n) is 12.1. The Morgan fingerprint density at radius 3 is 3.10 bits per heavy atom. The van der Waals surface area contributed by atoms with Gasteiger partial charge in [0.1, 0.15) is 0 Å². The highest BCUT2D eigenvalue weighted by Gasteiger charge is 2.18. The van der Waals surface area contributed by atoms with E-state index in [1.54, 1.807) is 7.11 Å². The molecule has 1 N–H and O–H groups in total. The second-order valence-corrected chi connectivity index (χ2v) is 5.33. The molecule has 1 fully saturated rings. The monoisotopic (exact) mass is 273 g/mol. The molecule has 1 aliphatic heterocycles. The van der Waals surface area contributed by atoms with Crippen molar-refractivity contribution in [1.29, 1.82) is 5.26 Å². The molecular formula is C16H23N3O. The fourth-order valence-electron chi connectivity index (χ4n) is 2.68. The molecule has 1 aliphatic rings. The number of hydrogen-bond acceptors (Lipinski definition) is 4. The van der Waals surface area contributed by atoms with E-state index in [2.05, 4.69) is 22.4 Å². The van der Waals surface area contributed by atoms with Crippen LogP contribution in [-0.2, 0) is 11.3 Å². The van der Waals surface area contributed by atoms with Gasteiger partial charge in [0.05, 0.1) is 18.2 Å². The predicted molar refractivity (Wildman–Crippen MR) is 79.3 cm³/mol. The summed E-state index contributed by atoms with van der Waals surface area (Å²) in [6.07, 6.45) is 2.52. The van der Waals surface area contributed by atoms with Crippen LogP contribution in [0.1, 0.15) is 24.0 Å². The maximum atomic E-state index is 8.97. The minimum Gasteiger partial charge on any atom is -0.383 e. The van der Waals surface area contributed by atoms with Crippen LogP contribution in [-0.4, -0.2) is 44.3 Å². The number of nitrogens with one attached hydrogen (secondary N) is 1. The van der Waals surface area contributed by atoms with Crippen LogP contribution in [0.3, 0.4) is 0 Å². The third kappa shape index (κ3) is 4.61. The molecule has 1 unspecified atom stereocenters. The van der Waals surface area contributed by atoms with Crippen LogP contribution in [0, 0.1) is 11.3 Å². The van der Waals surface area contributed by atoms with Crippen molar-refractivity contribution in [2.75, 3.05) is 33.4 Å². The minimum absolute atomic E-state index is 0.589. The zero-order valence-corrected chi connectivity index (χ0v) is 12.1. The molecule has 1 saturated heterocycles. The average molecular weight is 273 g/mol. The third-order valence-electron chi connectivity index (χ3n) is 3.71. The van der Waals surface area contributed by atoms with E-state index in [0.29, 0.717) is 6.04 Å². The smallest absolute Gasteiger partial charge is 0.0991 e. The number of nitriles is 1. The van der Waals surface area contributed by atoms with Crippen molar-refractivity contribution in [2.45, 2.75) is 25.4 Å². The molecule has 0 spiro atoms. The molecule has 1 atom stereocenters. The Morgan fingerprint density at radius 2 is 2.40 bits per heavy atom. The van der Waals surface area contributed by atoms with E-state index in [4.69, 9.17) is 10.00 Å². The van der Waals surface area contributed by atoms with Crippen LogP contribution in [0.25, 0.3) is 0 Å². The van der Waals surface area contributed by atoms with E-state index in [1.165, 1.54) is 18.4 Å². The van der Waals surface area contributed by atoms with Gasteiger partial charge in [-0.1, -0.05) is 12.1 Å². The third-order valence-corrected chi connectivity index (χ3v) is 3.71. The normalized spacial score (nSPS) is 18.4. The van der Waals surface area contributed by atoms with Crippen LogP contribution in [0.15, 0.2) is 24.3 Å². The lowest BCUT2D eigenvalue weighted by Crippen LogP contribution is -2.38. The average Bonchev–Trinajstić information content (AvgIpc) is 2.98. The van der Waals surface area contributed by atoms with Gasteiger partial charge in [-0.25, -0.2) is 0 Å². The molecule has 0 radical (unpaired) electrons. The number of methoxy groups -OCH3 is 1. The SMILES string of the molecule is COCCN(Cc1cccc(C#N)c1)CC1CCCN1. The highest BCUT2D eigenvalue weighted by molar-refractivity contribution is 5.32. The van der Waals surface area contributed by atoms with Gasteiger partial charge in [0.15, 0.2) is 0 Å². The first-order valence-electron chi connectivity index (χ1n) is 7.25. The van der Waals surface area contributed by atoms with Gasteiger partial charge in [-0.2, -0.15) is 5.26 Å². The lowest BCUT2D eigenvalue weighted by Gasteiger charge is -2.25. The quantitative estimate of drug-likeness (QED) is 0.822. The molecule has 0 aromatic heterocycles. The van der Waals surface area contributed by atoms with E-state index in [9.17, 15) is 0 Å². The van der Waals surface area contributed by atoms with Crippen LogP contribution in [0.5, 0.6) is 0 Å². The Labute approximate surface area is 121 Å². The molecule has 2 rings (SSSR count). The van der Waals surface area contributed by atoms with Crippen molar-refractivity contribution >= 4 is 0 Å². The largest absolute Gasteiger partial charge is 0.383 e. The van der Waals surface area contributed by atoms with Crippen molar-refractivity contribution in [1.82, 2.24) is 10.2 Å². The number of benzene rings is 1. The molecule has 1 heterocycles. The molecule has 0 bridgehead atoms. The molecular weight excluding hydrogens is 250 g/mol. The molecule has 0 aliphatic carbocycles. The Morgan fingerprint density at radius 1 is 1.50 bits per heavy atom. The standard InChI is InChI=1S/C16H23N3O/c1-20-9-8-19(13-16-6-3-7-18-16)12-15-5-2-4-14(10-15)11-17/h2,4-5,10,16,18H,3,6-9,12-13H2,1H3. The number of rotatable bonds is 7. The molecule has 4 nitrogen and oxygen atoms in total. The zero-order chi connectivity index (χ0) is 14.2. The Balaban J connectivity index is 1.96. The summed E-state index contributed by atoms with van der Waals surface area (Å²) in [5, 5.41) is 12.5. The summed E-state index contributed by atoms with van der Waals surface area (Å²) >= 11 is 0. The molecule has 1 aromatic carbocycles. The molecule has 0 amide bonds. The van der Waals surface area contributed by atoms with Crippen molar-refractivity contribution in [3.63, 3.8) is 0 Å². The van der Waals surface area contributed by atoms with Crippen LogP contribution in [0.2, 0.25) is 0 Å². The second kappa shape index (κ2) is 8.01. The molecule has 1 aromatic rings. The molecule has 4 heteroatoms. The lowest BCUT2D eigenvalue weighted by atomic mass is 10.1. The first-order chi connectivity index (χ1) is 9.81. The molecule has 0 saturated carbocycles. The molecule has 108 valence electrons. The summed E-state index contributed by atoms with van der Waals surface area (Å²) in [4.78, 5) is 2.41. The summed E-state index contributed by atoms with van der Waals surface area (Å²) in [7, 11) is 1.74. The highest BCUT2D eigenvalue weighted by Crippen LogP contribution is 2.11. The summed E-state index contributed by atoms with van der Waals surface area (Å²) in [5.74, 6) is 0. The van der Waals surface area contributed by atoms with Gasteiger partial charge in [0, 0.05) is 32.8 Å². The van der Waals surface area contributed by atoms with Gasteiger partial charge >= 0.3 is 0 Å². The van der Waals surface area contributed by atoms with Gasteiger partial charge in [0.2, 0.25) is 0 Å². The lowest BCUT2D eigenvalue weighted by molar-refractivity contribution is 0.138. The Bertz CT molecular complexity index is 449. The predicted octanol–water partition coefficient (Wildman–Crippen LogP) is 1.76. The summed E-state index contributed by atoms with van der Waals surface area (Å²) in [5.41, 5.74) is 1.92. The topological polar surface area (TPSA) is 48.3 Å². The number of nitrogens with zero attached hydrogens (tertiary/aromatic N) is 2. The van der Waals surface area contributed by atoms with Crippen molar-refractivity contribution in [2.24, 2.45) is 0 Å². The van der Waals surface area contributed by atoms with Crippen LogP contribution < -0.4 is 5.32 Å². The van der Waals surface area contributed by atoms with Crippen molar-refractivity contribution < 1.29 is 4.74 Å². The first-order valence-corrected chi connectivity index (χ1v) is 7.25. The van der Waals surface area contributed by atoms with E-state index in [-0.39, 0.29) is 0 Å². The van der Waals surface area contributed by atoms with Gasteiger partial charge in [-0.05, 0) is 37.1 Å². The van der Waals surface area contributed by atoms with E-state index in [0.717, 1.165) is 38.3 Å². The van der Waals surface area contributed by atoms with E-state index >= 15 is 0 Å². The van der Waals surface area contributed by atoms with Gasteiger partial charge in [0.25, 0.3) is 0 Å². The second-order valence-electron chi connectivity index (χ2n) is 5.33. The fraction of sp³-hybridized carbons (Fsp3) is 0.562. The van der Waals surface area contributed by atoms with Gasteiger partial charge in [-0.15, -0.1) is 0 Å². The van der Waals surface area contributed by atoms with Crippen molar-refractivity contribution in [3.05, 3.63) is 35.4 Å². The Hall–Kier alpha value is -1.41. The summed E-state index contributed by atoms with van der Waals surface area (Å²) in [6, 6.07) is 10.7. The van der Waals surface area contributed by atoms with Crippen LogP contribution in [0.4, 0.5) is 0 Å². The van der Waals surface area contributed by atoms with E-state index in [1.807, 2.05) is 18.2 Å². The van der Waals surface area contributed by atoms with Crippen LogP contribution >= 0.6 is 0 Å². The minimum atomic E-state index is 0.589. The maximum absolute atomic E-state index is 8.97. The first kappa shape index (κ1) is 15.0. The Kier molecular flexibility index (Phi) is 6.00. The van der Waals surface area contributed by atoms with E-state index < -0.39 is 0 Å². The van der Waals surface area contributed by atoms with Gasteiger partial charge in [-0.3, -0.25) is 4.90 Å². The summed E-state index contributed by atoms with van der Waals surface area (Å²) in [6.45, 7) is 4.71. The number of hydrogen-bond donors (Lipinski definition) is 1.